The number of hydrogen-bond donors (Lipinski definition) is 1. The van der Waals surface area contributed by atoms with Crippen LogP contribution >= 0.6 is 0 Å². The van der Waals surface area contributed by atoms with Crippen LogP contribution in [0.25, 0.3) is 0 Å². The fraction of sp³-hybridized carbons (Fsp3) is 0.462. The second-order valence-corrected chi connectivity index (χ2v) is 4.01. The number of aliphatic carboxylic acids is 1. The Morgan fingerprint density at radius 3 is 2.65 bits per heavy atom. The van der Waals surface area contributed by atoms with Crippen LogP contribution in [0.3, 0.4) is 0 Å². The minimum absolute atomic E-state index is 0.0400. The molecule has 20 heavy (non-hydrogen) atoms. The van der Waals surface area contributed by atoms with Gasteiger partial charge in [0.2, 0.25) is 0 Å². The van der Waals surface area contributed by atoms with Gasteiger partial charge in [-0.3, -0.25) is 10.1 Å². The Morgan fingerprint density at radius 1 is 1.45 bits per heavy atom. The van der Waals surface area contributed by atoms with Gasteiger partial charge in [-0.05, 0) is 25.0 Å². The quantitative estimate of drug-likeness (QED) is 0.579. The van der Waals surface area contributed by atoms with E-state index < -0.39 is 17.0 Å². The summed E-state index contributed by atoms with van der Waals surface area (Å²) in [4.78, 5) is 21.3. The molecule has 110 valence electrons. The highest BCUT2D eigenvalue weighted by molar-refractivity contribution is 5.72. The van der Waals surface area contributed by atoms with Crippen LogP contribution in [0.4, 0.5) is 5.69 Å². The van der Waals surface area contributed by atoms with Crippen molar-refractivity contribution in [1.82, 2.24) is 0 Å². The summed E-state index contributed by atoms with van der Waals surface area (Å²) in [5.74, 6) is -1.13. The third kappa shape index (κ3) is 4.20. The standard InChI is InChI=1S/C13H17NO6/c1-3-9-5-6-11(10(7-9)14(17)18)20-8-12(13(15)16)19-4-2/h5-7,12H,3-4,8H2,1-2H3,(H,15,16). The zero-order chi connectivity index (χ0) is 15.1. The van der Waals surface area contributed by atoms with Gasteiger partial charge in [-0.1, -0.05) is 13.0 Å². The Bertz CT molecular complexity index is 488. The van der Waals surface area contributed by atoms with E-state index in [1.54, 1.807) is 13.0 Å². The fourth-order valence-electron chi connectivity index (χ4n) is 1.60. The van der Waals surface area contributed by atoms with Gasteiger partial charge in [-0.15, -0.1) is 0 Å². The van der Waals surface area contributed by atoms with E-state index in [2.05, 4.69) is 0 Å². The Kier molecular flexibility index (Phi) is 5.92. The molecule has 1 rings (SSSR count). The summed E-state index contributed by atoms with van der Waals surface area (Å²) >= 11 is 0. The van der Waals surface area contributed by atoms with Crippen LogP contribution in [0.5, 0.6) is 5.75 Å². The number of nitro groups is 1. The number of carbonyl (C=O) groups is 1. The largest absolute Gasteiger partial charge is 0.483 e. The second-order valence-electron chi connectivity index (χ2n) is 4.01. The highest BCUT2D eigenvalue weighted by Crippen LogP contribution is 2.28. The van der Waals surface area contributed by atoms with Crippen molar-refractivity contribution >= 4 is 11.7 Å². The number of carboxylic acids is 1. The Hall–Kier alpha value is -2.15. The third-order valence-corrected chi connectivity index (χ3v) is 2.66. The molecule has 7 nitrogen and oxygen atoms in total. The van der Waals surface area contributed by atoms with E-state index in [1.807, 2.05) is 6.92 Å². The molecule has 1 aromatic rings. The van der Waals surface area contributed by atoms with Gasteiger partial charge < -0.3 is 14.6 Å². The molecular formula is C13H17NO6. The molecule has 0 aromatic heterocycles. The summed E-state index contributed by atoms with van der Waals surface area (Å²) in [6, 6.07) is 4.60. The smallest absolute Gasteiger partial charge is 0.336 e. The Balaban J connectivity index is 2.86. The first-order valence-corrected chi connectivity index (χ1v) is 6.24. The van der Waals surface area contributed by atoms with Gasteiger partial charge in [0.25, 0.3) is 0 Å². The zero-order valence-electron chi connectivity index (χ0n) is 11.4. The summed E-state index contributed by atoms with van der Waals surface area (Å²) in [6.07, 6.45) is -0.483. The maximum absolute atomic E-state index is 11.0. The number of nitrogens with zero attached hydrogens (tertiary/aromatic N) is 1. The van der Waals surface area contributed by atoms with Gasteiger partial charge in [0.15, 0.2) is 11.9 Å². The topological polar surface area (TPSA) is 98.9 Å². The molecule has 7 heteroatoms. The Morgan fingerprint density at radius 2 is 2.15 bits per heavy atom. The van der Waals surface area contributed by atoms with Crippen molar-refractivity contribution in [3.05, 3.63) is 33.9 Å². The molecule has 0 saturated heterocycles. The average molecular weight is 283 g/mol. The van der Waals surface area contributed by atoms with E-state index in [0.717, 1.165) is 5.56 Å². The molecule has 0 bridgehead atoms. The first-order valence-electron chi connectivity index (χ1n) is 6.24. The normalized spacial score (nSPS) is 11.9. The van der Waals surface area contributed by atoms with Crippen LogP contribution in [0, 0.1) is 10.1 Å². The molecule has 1 unspecified atom stereocenters. The number of rotatable bonds is 8. The van der Waals surface area contributed by atoms with Crippen LogP contribution < -0.4 is 4.74 Å². The molecule has 0 amide bonds. The summed E-state index contributed by atoms with van der Waals surface area (Å²) < 4.78 is 10.2. The number of carboxylic acid groups (broad SMARTS) is 1. The van der Waals surface area contributed by atoms with E-state index in [9.17, 15) is 14.9 Å². The SMILES string of the molecule is CCOC(COc1ccc(CC)cc1[N+](=O)[O-])C(=O)O. The van der Waals surface area contributed by atoms with Crippen molar-refractivity contribution in [3.8, 4) is 5.75 Å². The molecule has 0 spiro atoms. The van der Waals surface area contributed by atoms with Crippen LogP contribution in [0.1, 0.15) is 19.4 Å². The lowest BCUT2D eigenvalue weighted by Crippen LogP contribution is -2.30. The van der Waals surface area contributed by atoms with Crippen LogP contribution in [-0.2, 0) is 16.0 Å². The van der Waals surface area contributed by atoms with Crippen molar-refractivity contribution in [2.75, 3.05) is 13.2 Å². The van der Waals surface area contributed by atoms with Gasteiger partial charge in [0.1, 0.15) is 6.61 Å². The predicted octanol–water partition coefficient (Wildman–Crippen LogP) is 2.03. The molecule has 1 aromatic carbocycles. The molecule has 0 aliphatic carbocycles. The molecule has 1 N–H and O–H groups in total. The van der Waals surface area contributed by atoms with Gasteiger partial charge >= 0.3 is 11.7 Å². The average Bonchev–Trinajstić information content (AvgIpc) is 2.42. The van der Waals surface area contributed by atoms with Crippen molar-refractivity contribution in [2.24, 2.45) is 0 Å². The first-order chi connectivity index (χ1) is 9.49. The summed E-state index contributed by atoms with van der Waals surface area (Å²) in [7, 11) is 0. The molecular weight excluding hydrogens is 266 g/mol. The van der Waals surface area contributed by atoms with E-state index in [1.165, 1.54) is 12.1 Å². The van der Waals surface area contributed by atoms with Gasteiger partial charge in [0.05, 0.1) is 4.92 Å². The van der Waals surface area contributed by atoms with Crippen molar-refractivity contribution < 1.29 is 24.3 Å². The number of aryl methyl sites for hydroxylation is 1. The molecule has 0 heterocycles. The summed E-state index contributed by atoms with van der Waals surface area (Å²) in [5.41, 5.74) is 0.633. The van der Waals surface area contributed by atoms with E-state index in [4.69, 9.17) is 14.6 Å². The van der Waals surface area contributed by atoms with Crippen LogP contribution in [-0.4, -0.2) is 35.3 Å². The minimum Gasteiger partial charge on any atom is -0.483 e. The fourth-order valence-corrected chi connectivity index (χ4v) is 1.60. The monoisotopic (exact) mass is 283 g/mol. The number of nitro benzene ring substituents is 1. The van der Waals surface area contributed by atoms with Crippen molar-refractivity contribution in [2.45, 2.75) is 26.4 Å². The van der Waals surface area contributed by atoms with Crippen molar-refractivity contribution in [3.63, 3.8) is 0 Å². The molecule has 0 aliphatic rings. The maximum atomic E-state index is 11.0. The molecule has 0 saturated carbocycles. The number of ether oxygens (including phenoxy) is 2. The summed E-state index contributed by atoms with van der Waals surface area (Å²) in [6.45, 7) is 3.48. The minimum atomic E-state index is -1.17. The molecule has 1 atom stereocenters. The lowest BCUT2D eigenvalue weighted by atomic mass is 10.1. The molecule has 0 radical (unpaired) electrons. The third-order valence-electron chi connectivity index (χ3n) is 2.66. The number of hydrogen-bond acceptors (Lipinski definition) is 5. The van der Waals surface area contributed by atoms with Gasteiger partial charge in [0, 0.05) is 12.7 Å². The Labute approximate surface area is 116 Å². The predicted molar refractivity (Wildman–Crippen MR) is 71.0 cm³/mol. The van der Waals surface area contributed by atoms with Gasteiger partial charge in [-0.25, -0.2) is 4.79 Å². The first kappa shape index (κ1) is 15.9. The second kappa shape index (κ2) is 7.44. The van der Waals surface area contributed by atoms with E-state index in [0.29, 0.717) is 6.42 Å². The van der Waals surface area contributed by atoms with Crippen LogP contribution in [0.15, 0.2) is 18.2 Å². The zero-order valence-corrected chi connectivity index (χ0v) is 11.4. The highest BCUT2D eigenvalue weighted by atomic mass is 16.6. The van der Waals surface area contributed by atoms with Crippen LogP contribution in [0.2, 0.25) is 0 Å². The molecule has 0 aliphatic heterocycles. The van der Waals surface area contributed by atoms with E-state index >= 15 is 0 Å². The van der Waals surface area contributed by atoms with Gasteiger partial charge in [-0.2, -0.15) is 0 Å². The molecule has 0 fully saturated rings. The maximum Gasteiger partial charge on any atom is 0.336 e. The van der Waals surface area contributed by atoms with Crippen molar-refractivity contribution in [1.29, 1.82) is 0 Å². The van der Waals surface area contributed by atoms with E-state index in [-0.39, 0.29) is 24.7 Å². The highest BCUT2D eigenvalue weighted by Gasteiger charge is 2.21. The lowest BCUT2D eigenvalue weighted by Gasteiger charge is -2.13. The number of benzene rings is 1. The summed E-state index contributed by atoms with van der Waals surface area (Å²) in [5, 5.41) is 19.9. The lowest BCUT2D eigenvalue weighted by molar-refractivity contribution is -0.386.